The van der Waals surface area contributed by atoms with Crippen LogP contribution in [0.5, 0.6) is 0 Å². The van der Waals surface area contributed by atoms with Gasteiger partial charge in [-0.25, -0.2) is 9.97 Å². The third-order valence-corrected chi connectivity index (χ3v) is 4.76. The van der Waals surface area contributed by atoms with Gasteiger partial charge >= 0.3 is 0 Å². The number of fused-ring (bicyclic) bond motifs is 3. The summed E-state index contributed by atoms with van der Waals surface area (Å²) in [5.74, 6) is 0. The van der Waals surface area contributed by atoms with Crippen LogP contribution >= 0.6 is 0 Å². The van der Waals surface area contributed by atoms with Gasteiger partial charge in [0.15, 0.2) is 5.65 Å². The lowest BCUT2D eigenvalue weighted by Crippen LogP contribution is -1.84. The Labute approximate surface area is 152 Å². The second-order valence-corrected chi connectivity index (χ2v) is 6.46. The summed E-state index contributed by atoms with van der Waals surface area (Å²) in [5.41, 5.74) is 6.43. The van der Waals surface area contributed by atoms with Crippen molar-refractivity contribution in [2.45, 2.75) is 0 Å². The molecule has 2 N–H and O–H groups in total. The number of H-pyrrole nitrogens is 2. The highest BCUT2D eigenvalue weighted by Gasteiger charge is 2.10. The van der Waals surface area contributed by atoms with Crippen molar-refractivity contribution in [2.75, 3.05) is 0 Å². The minimum atomic E-state index is 0.801. The largest absolute Gasteiger partial charge is 0.339 e. The van der Waals surface area contributed by atoms with Gasteiger partial charge in [0.25, 0.3) is 0 Å². The summed E-state index contributed by atoms with van der Waals surface area (Å²) in [6.45, 7) is 0. The van der Waals surface area contributed by atoms with Crippen LogP contribution < -0.4 is 0 Å². The molecule has 0 saturated carbocycles. The summed E-state index contributed by atoms with van der Waals surface area (Å²) >= 11 is 0. The lowest BCUT2D eigenvalue weighted by molar-refractivity contribution is 1.12. The molecule has 6 rings (SSSR count). The van der Waals surface area contributed by atoms with E-state index in [4.69, 9.17) is 4.98 Å². The van der Waals surface area contributed by atoms with Gasteiger partial charge in [-0.3, -0.25) is 10.1 Å². The summed E-state index contributed by atoms with van der Waals surface area (Å²) in [7, 11) is 0. The van der Waals surface area contributed by atoms with Crippen LogP contribution in [0.3, 0.4) is 0 Å². The molecule has 0 aliphatic rings. The van der Waals surface area contributed by atoms with Crippen LogP contribution in [-0.2, 0) is 0 Å². The summed E-state index contributed by atoms with van der Waals surface area (Å²) in [6.07, 6.45) is 9.14. The quantitative estimate of drug-likeness (QED) is 0.496. The second-order valence-electron chi connectivity index (χ2n) is 6.46. The molecular weight excluding hydrogens is 338 g/mol. The van der Waals surface area contributed by atoms with Gasteiger partial charge in [-0.05, 0) is 35.9 Å². The summed E-state index contributed by atoms with van der Waals surface area (Å²) in [4.78, 5) is 16.9. The average Bonchev–Trinajstić information content (AvgIpc) is 3.42. The Balaban J connectivity index is 1.46. The highest BCUT2D eigenvalue weighted by Crippen LogP contribution is 2.27. The van der Waals surface area contributed by atoms with Gasteiger partial charge < -0.3 is 9.38 Å². The number of aromatic amines is 2. The first-order chi connectivity index (χ1) is 13.3. The maximum atomic E-state index is 4.77. The van der Waals surface area contributed by atoms with Gasteiger partial charge in [-0.1, -0.05) is 6.07 Å². The molecule has 7 heteroatoms. The Morgan fingerprint density at radius 3 is 2.85 bits per heavy atom. The van der Waals surface area contributed by atoms with Crippen LogP contribution in [0.1, 0.15) is 0 Å². The minimum absolute atomic E-state index is 0.801. The first-order valence-corrected chi connectivity index (χ1v) is 8.56. The van der Waals surface area contributed by atoms with Crippen LogP contribution in [0.2, 0.25) is 0 Å². The molecule has 0 amide bonds. The van der Waals surface area contributed by atoms with Crippen molar-refractivity contribution in [3.8, 4) is 22.6 Å². The molecule has 5 aromatic heterocycles. The molecule has 0 saturated heterocycles. The first-order valence-electron chi connectivity index (χ1n) is 8.56. The average molecular weight is 351 g/mol. The van der Waals surface area contributed by atoms with Gasteiger partial charge in [-0.15, -0.1) is 0 Å². The molecule has 27 heavy (non-hydrogen) atoms. The number of rotatable bonds is 2. The zero-order chi connectivity index (χ0) is 17.8. The third kappa shape index (κ3) is 2.22. The molecule has 6 aromatic rings. The lowest BCUT2D eigenvalue weighted by Gasteiger charge is -1.97. The Morgan fingerprint density at radius 2 is 1.89 bits per heavy atom. The Bertz CT molecular complexity index is 1400. The van der Waals surface area contributed by atoms with Crippen LogP contribution in [0.15, 0.2) is 67.4 Å². The van der Waals surface area contributed by atoms with E-state index in [9.17, 15) is 0 Å². The molecule has 0 spiro atoms. The number of imidazole rings is 1. The van der Waals surface area contributed by atoms with Gasteiger partial charge in [0, 0.05) is 35.1 Å². The van der Waals surface area contributed by atoms with Crippen molar-refractivity contribution < 1.29 is 0 Å². The van der Waals surface area contributed by atoms with Crippen molar-refractivity contribution in [3.05, 3.63) is 67.4 Å². The molecule has 0 atom stereocenters. The fourth-order valence-corrected chi connectivity index (χ4v) is 3.38. The molecular formula is C20H13N7. The van der Waals surface area contributed by atoms with Crippen LogP contribution in [0.25, 0.3) is 50.2 Å². The van der Waals surface area contributed by atoms with Gasteiger partial charge in [-0.2, -0.15) is 5.10 Å². The van der Waals surface area contributed by atoms with E-state index in [2.05, 4.69) is 49.4 Å². The molecule has 0 radical (unpaired) electrons. The van der Waals surface area contributed by atoms with Crippen molar-refractivity contribution in [3.63, 3.8) is 0 Å². The van der Waals surface area contributed by atoms with E-state index in [1.807, 2.05) is 35.1 Å². The molecule has 5 heterocycles. The molecule has 0 unspecified atom stereocenters. The highest BCUT2D eigenvalue weighted by atomic mass is 15.1. The standard InChI is InChI=1S/C20H13N7/c1-3-15-14(9-22-26-15)7-12(1)17-8-13-2-4-16(24-20(13)25-17)18-11-27-6-5-21-10-19(27)23-18/h1-11H,(H,22,26)(H,24,25). The van der Waals surface area contributed by atoms with Crippen molar-refractivity contribution in [2.24, 2.45) is 0 Å². The van der Waals surface area contributed by atoms with Gasteiger partial charge in [0.05, 0.1) is 23.6 Å². The number of hydrogen-bond donors (Lipinski definition) is 2. The molecule has 7 nitrogen and oxygen atoms in total. The molecule has 0 aliphatic carbocycles. The minimum Gasteiger partial charge on any atom is -0.339 e. The van der Waals surface area contributed by atoms with E-state index in [-0.39, 0.29) is 0 Å². The summed E-state index contributed by atoms with van der Waals surface area (Å²) in [6, 6.07) is 12.4. The number of nitrogens with zero attached hydrogens (tertiary/aromatic N) is 5. The van der Waals surface area contributed by atoms with Crippen molar-refractivity contribution in [1.82, 2.24) is 34.5 Å². The van der Waals surface area contributed by atoms with E-state index >= 15 is 0 Å². The van der Waals surface area contributed by atoms with E-state index in [0.717, 1.165) is 50.2 Å². The van der Waals surface area contributed by atoms with E-state index < -0.39 is 0 Å². The molecule has 128 valence electrons. The molecule has 0 fully saturated rings. The maximum Gasteiger partial charge on any atom is 0.156 e. The Hall–Kier alpha value is -4.00. The number of aromatic nitrogens is 7. The predicted octanol–water partition coefficient (Wildman–Crippen LogP) is 3.82. The predicted molar refractivity (Wildman–Crippen MR) is 103 cm³/mol. The SMILES string of the molecule is c1cn2cc(-c3ccc4cc(-c5ccc6[nH]ncc6c5)[nH]c4n3)nc2cn1. The fourth-order valence-electron chi connectivity index (χ4n) is 3.38. The van der Waals surface area contributed by atoms with Crippen LogP contribution in [0.4, 0.5) is 0 Å². The van der Waals surface area contributed by atoms with Gasteiger partial charge in [0.2, 0.25) is 0 Å². The lowest BCUT2D eigenvalue weighted by atomic mass is 10.1. The monoisotopic (exact) mass is 351 g/mol. The zero-order valence-corrected chi connectivity index (χ0v) is 14.1. The fraction of sp³-hybridized carbons (Fsp3) is 0. The topological polar surface area (TPSA) is 87.5 Å². The first kappa shape index (κ1) is 14.2. The van der Waals surface area contributed by atoms with Crippen LogP contribution in [-0.4, -0.2) is 34.5 Å². The van der Waals surface area contributed by atoms with Crippen molar-refractivity contribution in [1.29, 1.82) is 0 Å². The smallest absolute Gasteiger partial charge is 0.156 e. The maximum absolute atomic E-state index is 4.77. The number of hydrogen-bond acceptors (Lipinski definition) is 4. The normalized spacial score (nSPS) is 11.7. The summed E-state index contributed by atoms with van der Waals surface area (Å²) in [5, 5.41) is 9.20. The second kappa shape index (κ2) is 5.25. The Morgan fingerprint density at radius 1 is 0.889 bits per heavy atom. The van der Waals surface area contributed by atoms with E-state index in [1.54, 1.807) is 12.4 Å². The molecule has 1 aromatic carbocycles. The summed E-state index contributed by atoms with van der Waals surface area (Å²) < 4.78 is 1.94. The third-order valence-electron chi connectivity index (χ3n) is 4.76. The Kier molecular flexibility index (Phi) is 2.76. The van der Waals surface area contributed by atoms with E-state index in [0.29, 0.717) is 0 Å². The van der Waals surface area contributed by atoms with Gasteiger partial charge in [0.1, 0.15) is 11.3 Å². The van der Waals surface area contributed by atoms with E-state index in [1.165, 1.54) is 0 Å². The highest BCUT2D eigenvalue weighted by molar-refractivity contribution is 5.88. The number of pyridine rings is 1. The zero-order valence-electron chi connectivity index (χ0n) is 14.1. The molecule has 0 bridgehead atoms. The van der Waals surface area contributed by atoms with Crippen LogP contribution in [0, 0.1) is 0 Å². The number of nitrogens with one attached hydrogen (secondary N) is 2. The number of benzene rings is 1. The van der Waals surface area contributed by atoms with Crippen molar-refractivity contribution >= 4 is 27.6 Å². The molecule has 0 aliphatic heterocycles.